The average molecular weight is 215 g/mol. The van der Waals surface area contributed by atoms with E-state index < -0.39 is 14.4 Å². The Morgan fingerprint density at radius 2 is 1.07 bits per heavy atom. The van der Waals surface area contributed by atoms with E-state index in [1.165, 1.54) is 26.2 Å². The third-order valence-electron chi connectivity index (χ3n) is 2.40. The van der Waals surface area contributed by atoms with Gasteiger partial charge in [-0.05, 0) is 41.3 Å². The Balaban J connectivity index is 3.78. The molecule has 0 radical (unpaired) electrons. The van der Waals surface area contributed by atoms with Crippen molar-refractivity contribution in [3.8, 4) is 0 Å². The Kier molecular flexibility index (Phi) is 7.90. The molecule has 0 aromatic carbocycles. The van der Waals surface area contributed by atoms with Crippen LogP contribution >= 0.6 is 0 Å². The van der Waals surface area contributed by atoms with Gasteiger partial charge < -0.3 is 13.7 Å². The van der Waals surface area contributed by atoms with E-state index in [0.29, 0.717) is 0 Å². The summed E-state index contributed by atoms with van der Waals surface area (Å²) in [4.78, 5) is 4.53. The molecular formula is C10H26AlN3. The molecular weight excluding hydrogens is 189 g/mol. The van der Waals surface area contributed by atoms with E-state index in [1.807, 2.05) is 0 Å². The van der Waals surface area contributed by atoms with Gasteiger partial charge in [-0.2, -0.15) is 0 Å². The average Bonchev–Trinajstić information content (AvgIpc) is 2.02. The summed E-state index contributed by atoms with van der Waals surface area (Å²) in [6.07, 6.45) is 0. The SMILES string of the molecule is CN(C)CC[N](CCN(C)C)[Al]([CH3])[CH3]. The van der Waals surface area contributed by atoms with Crippen LogP contribution in [0.2, 0.25) is 11.6 Å². The highest BCUT2D eigenvalue weighted by molar-refractivity contribution is 6.52. The first-order chi connectivity index (χ1) is 6.43. The van der Waals surface area contributed by atoms with Crippen molar-refractivity contribution in [1.82, 2.24) is 13.7 Å². The second kappa shape index (κ2) is 7.67. The van der Waals surface area contributed by atoms with Gasteiger partial charge in [-0.15, -0.1) is 0 Å². The van der Waals surface area contributed by atoms with E-state index in [1.54, 1.807) is 0 Å². The molecule has 0 atom stereocenters. The van der Waals surface area contributed by atoms with Gasteiger partial charge in [-0.25, -0.2) is 0 Å². The second-order valence-electron chi connectivity index (χ2n) is 4.74. The predicted molar refractivity (Wildman–Crippen MR) is 66.2 cm³/mol. The van der Waals surface area contributed by atoms with Crippen LogP contribution in [0, 0.1) is 0 Å². The molecule has 0 aromatic heterocycles. The summed E-state index contributed by atoms with van der Waals surface area (Å²) in [5, 5.41) is 0. The Bertz CT molecular complexity index is 125. The van der Waals surface area contributed by atoms with Crippen LogP contribution in [0.5, 0.6) is 0 Å². The molecule has 0 aliphatic heterocycles. The van der Waals surface area contributed by atoms with Crippen LogP contribution in [0.15, 0.2) is 0 Å². The third kappa shape index (κ3) is 7.78. The predicted octanol–water partition coefficient (Wildman–Crippen LogP) is 0.663. The van der Waals surface area contributed by atoms with Crippen molar-refractivity contribution < 1.29 is 0 Å². The van der Waals surface area contributed by atoms with Gasteiger partial charge in [0, 0.05) is 13.1 Å². The molecule has 0 bridgehead atoms. The van der Waals surface area contributed by atoms with Crippen molar-refractivity contribution in [3.05, 3.63) is 0 Å². The summed E-state index contributed by atoms with van der Waals surface area (Å²) >= 11 is -0.623. The molecule has 0 aliphatic carbocycles. The van der Waals surface area contributed by atoms with Gasteiger partial charge in [0.05, 0.1) is 0 Å². The van der Waals surface area contributed by atoms with Gasteiger partial charge in [0.15, 0.2) is 0 Å². The Morgan fingerprint density at radius 3 is 1.29 bits per heavy atom. The maximum absolute atomic E-state index is 2.67. The first-order valence-electron chi connectivity index (χ1n) is 5.47. The number of nitrogens with zero attached hydrogens (tertiary/aromatic N) is 3. The standard InChI is InChI=1S/C8H20N3.2CH3.Al/c1-10(2)7-5-9-6-8-11(3)4;;;/h5-8H2,1-4H3;2*1H3;/q-1;;;+1. The molecule has 0 aliphatic rings. The molecule has 0 rings (SSSR count). The van der Waals surface area contributed by atoms with Crippen molar-refractivity contribution in [2.24, 2.45) is 0 Å². The van der Waals surface area contributed by atoms with Crippen molar-refractivity contribution in [2.45, 2.75) is 11.6 Å². The number of hydrogen-bond acceptors (Lipinski definition) is 3. The lowest BCUT2D eigenvalue weighted by Gasteiger charge is -2.27. The number of rotatable bonds is 7. The molecule has 0 saturated carbocycles. The molecule has 0 heterocycles. The minimum Gasteiger partial charge on any atom is -0.383 e. The molecule has 14 heavy (non-hydrogen) atoms. The topological polar surface area (TPSA) is 9.72 Å². The van der Waals surface area contributed by atoms with E-state index in [9.17, 15) is 0 Å². The fraction of sp³-hybridized carbons (Fsp3) is 1.00. The molecule has 84 valence electrons. The normalized spacial score (nSPS) is 11.8. The summed E-state index contributed by atoms with van der Waals surface area (Å²) in [6.45, 7) is 4.81. The number of likely N-dealkylation sites (N-methyl/N-ethyl adjacent to an activating group) is 2. The zero-order valence-electron chi connectivity index (χ0n) is 10.7. The lowest BCUT2D eigenvalue weighted by Crippen LogP contribution is -2.42. The maximum atomic E-state index is 2.67. The van der Waals surface area contributed by atoms with E-state index in [0.717, 1.165) is 0 Å². The van der Waals surface area contributed by atoms with Gasteiger partial charge in [-0.3, -0.25) is 0 Å². The summed E-state index contributed by atoms with van der Waals surface area (Å²) in [5.41, 5.74) is 0. The monoisotopic (exact) mass is 215 g/mol. The van der Waals surface area contributed by atoms with Crippen LogP contribution in [-0.2, 0) is 0 Å². The molecule has 0 amide bonds. The van der Waals surface area contributed by atoms with E-state index >= 15 is 0 Å². The zero-order chi connectivity index (χ0) is 11.1. The minimum atomic E-state index is -0.623. The van der Waals surface area contributed by atoms with Crippen molar-refractivity contribution in [1.29, 1.82) is 0 Å². The quantitative estimate of drug-likeness (QED) is 0.578. The van der Waals surface area contributed by atoms with E-state index in [4.69, 9.17) is 0 Å². The molecule has 0 saturated heterocycles. The molecule has 0 unspecified atom stereocenters. The van der Waals surface area contributed by atoms with Gasteiger partial charge in [-0.1, -0.05) is 11.6 Å². The van der Waals surface area contributed by atoms with Gasteiger partial charge in [0.25, 0.3) is 0 Å². The largest absolute Gasteiger partial charge is 0.383 e. The van der Waals surface area contributed by atoms with E-state index in [2.05, 4.69) is 53.4 Å². The third-order valence-corrected chi connectivity index (χ3v) is 4.38. The number of hydrogen-bond donors (Lipinski definition) is 0. The van der Waals surface area contributed by atoms with Gasteiger partial charge in [0.1, 0.15) is 0 Å². The second-order valence-corrected chi connectivity index (χ2v) is 7.65. The Labute approximate surface area is 94.3 Å². The van der Waals surface area contributed by atoms with Crippen molar-refractivity contribution in [3.63, 3.8) is 0 Å². The first-order valence-corrected chi connectivity index (χ1v) is 8.29. The molecule has 0 aromatic rings. The van der Waals surface area contributed by atoms with Gasteiger partial charge in [0.2, 0.25) is 0 Å². The van der Waals surface area contributed by atoms with E-state index in [-0.39, 0.29) is 0 Å². The van der Waals surface area contributed by atoms with Crippen molar-refractivity contribution in [2.75, 3.05) is 54.4 Å². The summed E-state index contributed by atoms with van der Waals surface area (Å²) in [5.74, 6) is 4.82. The fourth-order valence-electron chi connectivity index (χ4n) is 1.29. The van der Waals surface area contributed by atoms with Crippen LogP contribution < -0.4 is 0 Å². The summed E-state index contributed by atoms with van der Waals surface area (Å²) < 4.78 is 2.67. The van der Waals surface area contributed by atoms with Crippen LogP contribution in [0.1, 0.15) is 0 Å². The van der Waals surface area contributed by atoms with Gasteiger partial charge >= 0.3 is 14.4 Å². The molecule has 0 fully saturated rings. The lowest BCUT2D eigenvalue weighted by molar-refractivity contribution is 0.302. The van der Waals surface area contributed by atoms with Crippen LogP contribution in [-0.4, -0.2) is 82.4 Å². The summed E-state index contributed by atoms with van der Waals surface area (Å²) in [7, 11) is 8.58. The highest BCUT2D eigenvalue weighted by atomic mass is 27.2. The maximum Gasteiger partial charge on any atom is 0.366 e. The Hall–Kier alpha value is 0.412. The van der Waals surface area contributed by atoms with Crippen LogP contribution in [0.3, 0.4) is 0 Å². The zero-order valence-corrected chi connectivity index (χ0v) is 11.9. The lowest BCUT2D eigenvalue weighted by atomic mass is 10.5. The van der Waals surface area contributed by atoms with Crippen LogP contribution in [0.25, 0.3) is 0 Å². The van der Waals surface area contributed by atoms with Crippen LogP contribution in [0.4, 0.5) is 0 Å². The minimum absolute atomic E-state index is 0.623. The molecule has 3 nitrogen and oxygen atoms in total. The highest BCUT2D eigenvalue weighted by Crippen LogP contribution is 1.95. The fourth-order valence-corrected chi connectivity index (χ4v) is 2.55. The molecule has 4 heteroatoms. The van der Waals surface area contributed by atoms with Crippen molar-refractivity contribution >= 4 is 14.4 Å². The highest BCUT2D eigenvalue weighted by Gasteiger charge is 2.14. The molecule has 0 N–H and O–H groups in total. The molecule has 0 spiro atoms. The first kappa shape index (κ1) is 14.4. The summed E-state index contributed by atoms with van der Waals surface area (Å²) in [6, 6.07) is 0. The Morgan fingerprint density at radius 1 is 0.714 bits per heavy atom. The smallest absolute Gasteiger partial charge is 0.366 e.